The molecular formula is C23H22BrN3O4S2. The quantitative estimate of drug-likeness (QED) is 0.413. The summed E-state index contributed by atoms with van der Waals surface area (Å²) in [5, 5.41) is 5.57. The van der Waals surface area contributed by atoms with Gasteiger partial charge in [0.15, 0.2) is 5.11 Å². The topological polar surface area (TPSA) is 87.7 Å². The van der Waals surface area contributed by atoms with Crippen molar-refractivity contribution in [1.82, 2.24) is 5.32 Å². The van der Waals surface area contributed by atoms with Crippen LogP contribution < -0.4 is 19.7 Å². The Balaban J connectivity index is 1.68. The van der Waals surface area contributed by atoms with Crippen molar-refractivity contribution in [2.24, 2.45) is 0 Å². The zero-order chi connectivity index (χ0) is 24.0. The van der Waals surface area contributed by atoms with Gasteiger partial charge in [-0.3, -0.25) is 14.4 Å². The average Bonchev–Trinajstić information content (AvgIpc) is 2.80. The van der Waals surface area contributed by atoms with Crippen molar-refractivity contribution in [3.8, 4) is 5.75 Å². The predicted octanol–water partition coefficient (Wildman–Crippen LogP) is 4.80. The molecule has 0 spiro atoms. The Hall–Kier alpha value is -2.95. The van der Waals surface area contributed by atoms with Gasteiger partial charge in [-0.2, -0.15) is 0 Å². The van der Waals surface area contributed by atoms with Gasteiger partial charge in [0, 0.05) is 17.2 Å². The molecule has 172 valence electrons. The number of sulfonamides is 1. The Morgan fingerprint density at radius 3 is 2.36 bits per heavy atom. The molecule has 0 aromatic heterocycles. The molecular weight excluding hydrogens is 526 g/mol. The van der Waals surface area contributed by atoms with E-state index in [0.717, 1.165) is 4.47 Å². The molecule has 0 bridgehead atoms. The number of amides is 1. The summed E-state index contributed by atoms with van der Waals surface area (Å²) in [6, 6.07) is 20.0. The van der Waals surface area contributed by atoms with E-state index in [2.05, 4.69) is 26.6 Å². The molecule has 10 heteroatoms. The number of nitrogens with one attached hydrogen (secondary N) is 2. The summed E-state index contributed by atoms with van der Waals surface area (Å²) >= 11 is 8.59. The van der Waals surface area contributed by atoms with Gasteiger partial charge < -0.3 is 10.1 Å². The summed E-state index contributed by atoms with van der Waals surface area (Å²) in [6.07, 6.45) is 0. The van der Waals surface area contributed by atoms with Crippen LogP contribution in [0, 0.1) is 0 Å². The Morgan fingerprint density at radius 2 is 1.73 bits per heavy atom. The third kappa shape index (κ3) is 6.10. The molecule has 0 saturated carbocycles. The molecule has 0 fully saturated rings. The van der Waals surface area contributed by atoms with E-state index in [1.54, 1.807) is 54.6 Å². The highest BCUT2D eigenvalue weighted by molar-refractivity contribution is 9.10. The van der Waals surface area contributed by atoms with Crippen molar-refractivity contribution < 1.29 is 17.9 Å². The highest BCUT2D eigenvalue weighted by Gasteiger charge is 2.21. The maximum Gasteiger partial charge on any atom is 0.264 e. The fraction of sp³-hybridized carbons (Fsp3) is 0.130. The number of nitrogens with zero attached hydrogens (tertiary/aromatic N) is 1. The maximum absolute atomic E-state index is 12.9. The van der Waals surface area contributed by atoms with Gasteiger partial charge in [-0.25, -0.2) is 8.42 Å². The summed E-state index contributed by atoms with van der Waals surface area (Å²) in [5.74, 6) is 0.0130. The number of hydrogen-bond acceptors (Lipinski definition) is 5. The highest BCUT2D eigenvalue weighted by atomic mass is 79.9. The number of carbonyl (C=O) groups excluding carboxylic acids is 1. The van der Waals surface area contributed by atoms with Crippen LogP contribution in [0.1, 0.15) is 17.3 Å². The summed E-state index contributed by atoms with van der Waals surface area (Å²) < 4.78 is 33.2. The Labute approximate surface area is 206 Å². The molecule has 0 radical (unpaired) electrons. The molecule has 0 aliphatic carbocycles. The van der Waals surface area contributed by atoms with Gasteiger partial charge in [-0.1, -0.05) is 34.1 Å². The van der Waals surface area contributed by atoms with E-state index in [1.165, 1.54) is 23.5 Å². The second-order valence-electron chi connectivity index (χ2n) is 6.81. The number of anilines is 2. The van der Waals surface area contributed by atoms with Crippen molar-refractivity contribution in [2.75, 3.05) is 23.3 Å². The number of halogens is 1. The monoisotopic (exact) mass is 547 g/mol. The van der Waals surface area contributed by atoms with E-state index in [4.69, 9.17) is 17.0 Å². The first-order valence-corrected chi connectivity index (χ1v) is 12.5. The second-order valence-corrected chi connectivity index (χ2v) is 10.1. The third-order valence-electron chi connectivity index (χ3n) is 4.60. The molecule has 7 nitrogen and oxygen atoms in total. The minimum atomic E-state index is -3.72. The summed E-state index contributed by atoms with van der Waals surface area (Å²) in [6.45, 7) is 2.25. The molecule has 2 N–H and O–H groups in total. The lowest BCUT2D eigenvalue weighted by Crippen LogP contribution is -2.34. The number of benzene rings is 3. The molecule has 0 atom stereocenters. The molecule has 3 rings (SSSR count). The Kier molecular flexibility index (Phi) is 8.06. The van der Waals surface area contributed by atoms with Crippen LogP contribution >= 0.6 is 28.1 Å². The van der Waals surface area contributed by atoms with Gasteiger partial charge in [0.1, 0.15) is 5.75 Å². The van der Waals surface area contributed by atoms with Crippen LogP contribution in [0.3, 0.4) is 0 Å². The molecule has 0 saturated heterocycles. The van der Waals surface area contributed by atoms with Crippen LogP contribution in [0.25, 0.3) is 0 Å². The molecule has 0 aliphatic rings. The van der Waals surface area contributed by atoms with E-state index in [0.29, 0.717) is 29.3 Å². The standard InChI is InChI=1S/C23H22BrN3O4S2/c1-3-31-21-14-9-16(24)15-20(21)22(28)26-23(32)25-17-10-12-19(13-11-17)33(29,30)27(2)18-7-5-4-6-8-18/h4-15H,3H2,1-2H3,(H2,25,26,28,32). The SMILES string of the molecule is CCOc1ccc(Br)cc1C(=O)NC(=S)Nc1ccc(S(=O)(=O)N(C)c2ccccc2)cc1. The highest BCUT2D eigenvalue weighted by Crippen LogP contribution is 2.24. The lowest BCUT2D eigenvalue weighted by molar-refractivity contribution is 0.0974. The summed E-state index contributed by atoms with van der Waals surface area (Å²) in [7, 11) is -2.22. The first-order valence-electron chi connectivity index (χ1n) is 9.91. The van der Waals surface area contributed by atoms with Gasteiger partial charge in [0.25, 0.3) is 15.9 Å². The van der Waals surface area contributed by atoms with Gasteiger partial charge >= 0.3 is 0 Å². The smallest absolute Gasteiger partial charge is 0.264 e. The molecule has 33 heavy (non-hydrogen) atoms. The first kappa shape index (κ1) is 24.7. The molecule has 0 heterocycles. The molecule has 3 aromatic carbocycles. The number of hydrogen-bond donors (Lipinski definition) is 2. The van der Waals surface area contributed by atoms with Gasteiger partial charge in [0.2, 0.25) is 0 Å². The van der Waals surface area contributed by atoms with Crippen LogP contribution in [-0.2, 0) is 10.0 Å². The van der Waals surface area contributed by atoms with Crippen molar-refractivity contribution in [1.29, 1.82) is 0 Å². The molecule has 0 unspecified atom stereocenters. The zero-order valence-corrected chi connectivity index (χ0v) is 21.1. The average molecular weight is 548 g/mol. The number of para-hydroxylation sites is 1. The fourth-order valence-corrected chi connectivity index (χ4v) is 4.71. The number of ether oxygens (including phenoxy) is 1. The van der Waals surface area contributed by atoms with Crippen molar-refractivity contribution in [3.05, 3.63) is 82.8 Å². The van der Waals surface area contributed by atoms with Crippen LogP contribution in [0.5, 0.6) is 5.75 Å². The predicted molar refractivity (Wildman–Crippen MR) is 137 cm³/mol. The van der Waals surface area contributed by atoms with Crippen molar-refractivity contribution >= 4 is 60.6 Å². The first-order chi connectivity index (χ1) is 15.7. The van der Waals surface area contributed by atoms with Gasteiger partial charge in [-0.15, -0.1) is 0 Å². The minimum absolute atomic E-state index is 0.0689. The maximum atomic E-state index is 12.9. The van der Waals surface area contributed by atoms with E-state index >= 15 is 0 Å². The molecule has 3 aromatic rings. The van der Waals surface area contributed by atoms with E-state index < -0.39 is 15.9 Å². The molecule has 1 amide bonds. The number of rotatable bonds is 7. The third-order valence-corrected chi connectivity index (χ3v) is 7.10. The van der Waals surface area contributed by atoms with E-state index in [1.807, 2.05) is 13.0 Å². The molecule has 0 aliphatic heterocycles. The summed E-state index contributed by atoms with van der Waals surface area (Å²) in [5.41, 5.74) is 1.42. The largest absolute Gasteiger partial charge is 0.493 e. The van der Waals surface area contributed by atoms with Crippen LogP contribution in [0.4, 0.5) is 11.4 Å². The normalized spacial score (nSPS) is 10.9. The lowest BCUT2D eigenvalue weighted by atomic mass is 10.2. The van der Waals surface area contributed by atoms with Crippen LogP contribution in [-0.4, -0.2) is 33.1 Å². The fourth-order valence-electron chi connectivity index (χ4n) is 2.94. The van der Waals surface area contributed by atoms with Gasteiger partial charge in [-0.05, 0) is 73.7 Å². The van der Waals surface area contributed by atoms with Crippen LogP contribution in [0.15, 0.2) is 82.2 Å². The van der Waals surface area contributed by atoms with E-state index in [9.17, 15) is 13.2 Å². The Bertz CT molecular complexity index is 1250. The Morgan fingerprint density at radius 1 is 1.06 bits per heavy atom. The zero-order valence-electron chi connectivity index (χ0n) is 17.9. The minimum Gasteiger partial charge on any atom is -0.493 e. The van der Waals surface area contributed by atoms with Crippen molar-refractivity contribution in [3.63, 3.8) is 0 Å². The van der Waals surface area contributed by atoms with Crippen molar-refractivity contribution in [2.45, 2.75) is 11.8 Å². The van der Waals surface area contributed by atoms with Crippen LogP contribution in [0.2, 0.25) is 0 Å². The second kappa shape index (κ2) is 10.8. The summed E-state index contributed by atoms with van der Waals surface area (Å²) in [4.78, 5) is 12.8. The number of thiocarbonyl (C=S) groups is 1. The van der Waals surface area contributed by atoms with E-state index in [-0.39, 0.29) is 10.0 Å². The van der Waals surface area contributed by atoms with Gasteiger partial charge in [0.05, 0.1) is 22.8 Å². The lowest BCUT2D eigenvalue weighted by Gasteiger charge is -2.19. The number of carbonyl (C=O) groups is 1.